The van der Waals surface area contributed by atoms with Crippen LogP contribution in [0.3, 0.4) is 0 Å². The Hall–Kier alpha value is -2.24. The lowest BCUT2D eigenvalue weighted by Gasteiger charge is -2.39. The summed E-state index contributed by atoms with van der Waals surface area (Å²) in [6.07, 6.45) is -0.0205. The molecule has 0 bridgehead atoms. The van der Waals surface area contributed by atoms with Gasteiger partial charge in [-0.3, -0.25) is 0 Å². The molecule has 0 aromatic heterocycles. The number of rotatable bonds is 3. The minimum atomic E-state index is -0.958. The first kappa shape index (κ1) is 15.2. The number of amides is 2. The fourth-order valence-corrected chi connectivity index (χ4v) is 2.51. The summed E-state index contributed by atoms with van der Waals surface area (Å²) in [5.41, 5.74) is 0.332. The van der Waals surface area contributed by atoms with Crippen molar-refractivity contribution in [1.29, 1.82) is 0 Å². The molecule has 114 valence electrons. The van der Waals surface area contributed by atoms with E-state index in [1.54, 1.807) is 0 Å². The van der Waals surface area contributed by atoms with E-state index < -0.39 is 17.7 Å². The molecule has 1 unspecified atom stereocenters. The van der Waals surface area contributed by atoms with Crippen molar-refractivity contribution in [2.75, 3.05) is 13.1 Å². The minimum Gasteiger partial charge on any atom is -0.465 e. The van der Waals surface area contributed by atoms with Gasteiger partial charge in [-0.25, -0.2) is 9.59 Å². The van der Waals surface area contributed by atoms with Gasteiger partial charge in [0.05, 0.1) is 5.54 Å². The van der Waals surface area contributed by atoms with Crippen LogP contribution in [-0.2, 0) is 11.3 Å². The molecule has 6 heteroatoms. The van der Waals surface area contributed by atoms with Crippen molar-refractivity contribution in [2.45, 2.75) is 31.9 Å². The number of hydrogen-bond acceptors (Lipinski definition) is 3. The smallest absolute Gasteiger partial charge is 0.407 e. The van der Waals surface area contributed by atoms with E-state index in [1.165, 1.54) is 4.90 Å². The number of benzene rings is 1. The van der Waals surface area contributed by atoms with Crippen LogP contribution in [-0.4, -0.2) is 40.8 Å². The van der Waals surface area contributed by atoms with Gasteiger partial charge < -0.3 is 20.1 Å². The van der Waals surface area contributed by atoms with Gasteiger partial charge in [0.25, 0.3) is 0 Å². The zero-order valence-electron chi connectivity index (χ0n) is 12.0. The van der Waals surface area contributed by atoms with Gasteiger partial charge in [0.2, 0.25) is 0 Å². The number of carbonyl (C=O) groups is 2. The second kappa shape index (κ2) is 6.47. The minimum absolute atomic E-state index is 0.200. The van der Waals surface area contributed by atoms with Crippen LogP contribution in [0.2, 0.25) is 0 Å². The summed E-state index contributed by atoms with van der Waals surface area (Å²) in [4.78, 5) is 24.2. The summed E-state index contributed by atoms with van der Waals surface area (Å²) in [6, 6.07) is 9.41. The van der Waals surface area contributed by atoms with E-state index in [2.05, 4.69) is 5.32 Å². The van der Waals surface area contributed by atoms with Crippen LogP contribution in [0.1, 0.15) is 25.3 Å². The first-order chi connectivity index (χ1) is 9.98. The van der Waals surface area contributed by atoms with Gasteiger partial charge in [0.1, 0.15) is 6.61 Å². The topological polar surface area (TPSA) is 78.9 Å². The molecule has 1 atom stereocenters. The number of nitrogens with one attached hydrogen (secondary N) is 1. The highest BCUT2D eigenvalue weighted by Crippen LogP contribution is 2.21. The van der Waals surface area contributed by atoms with Crippen molar-refractivity contribution in [2.24, 2.45) is 0 Å². The zero-order chi connectivity index (χ0) is 15.3. The summed E-state index contributed by atoms with van der Waals surface area (Å²) in [5, 5.41) is 11.8. The van der Waals surface area contributed by atoms with Crippen LogP contribution in [0.15, 0.2) is 30.3 Å². The molecule has 1 aromatic rings. The van der Waals surface area contributed by atoms with Gasteiger partial charge in [-0.05, 0) is 25.3 Å². The van der Waals surface area contributed by atoms with Gasteiger partial charge in [0, 0.05) is 13.1 Å². The maximum atomic E-state index is 11.9. The van der Waals surface area contributed by atoms with E-state index in [0.717, 1.165) is 18.4 Å². The second-order valence-corrected chi connectivity index (χ2v) is 5.56. The molecule has 2 amide bonds. The van der Waals surface area contributed by atoms with E-state index in [9.17, 15) is 9.59 Å². The molecule has 1 saturated heterocycles. The Labute approximate surface area is 123 Å². The molecule has 2 N–H and O–H groups in total. The summed E-state index contributed by atoms with van der Waals surface area (Å²) in [7, 11) is 0. The third-order valence-corrected chi connectivity index (χ3v) is 3.58. The van der Waals surface area contributed by atoms with E-state index in [0.29, 0.717) is 6.54 Å². The van der Waals surface area contributed by atoms with Crippen LogP contribution in [0.5, 0.6) is 0 Å². The molecule has 1 aliphatic heterocycles. The quantitative estimate of drug-likeness (QED) is 0.897. The molecule has 1 aromatic carbocycles. The molecular formula is C15H20N2O4. The molecule has 2 rings (SSSR count). The van der Waals surface area contributed by atoms with Gasteiger partial charge >= 0.3 is 12.2 Å². The Morgan fingerprint density at radius 2 is 2.10 bits per heavy atom. The number of nitrogens with zero attached hydrogens (tertiary/aromatic N) is 1. The summed E-state index contributed by atoms with van der Waals surface area (Å²) >= 11 is 0. The predicted molar refractivity (Wildman–Crippen MR) is 77.0 cm³/mol. The number of alkyl carbamates (subject to hydrolysis) is 1. The first-order valence-corrected chi connectivity index (χ1v) is 6.95. The second-order valence-electron chi connectivity index (χ2n) is 5.56. The van der Waals surface area contributed by atoms with Gasteiger partial charge in [-0.2, -0.15) is 0 Å². The molecular weight excluding hydrogens is 272 g/mol. The highest BCUT2D eigenvalue weighted by molar-refractivity contribution is 5.69. The van der Waals surface area contributed by atoms with Crippen LogP contribution in [0, 0.1) is 0 Å². The fourth-order valence-electron chi connectivity index (χ4n) is 2.51. The van der Waals surface area contributed by atoms with Crippen LogP contribution >= 0.6 is 0 Å². The molecule has 1 fully saturated rings. The van der Waals surface area contributed by atoms with Crippen molar-refractivity contribution in [3.05, 3.63) is 35.9 Å². The third-order valence-electron chi connectivity index (χ3n) is 3.58. The molecule has 1 aliphatic rings. The van der Waals surface area contributed by atoms with E-state index in [1.807, 2.05) is 37.3 Å². The van der Waals surface area contributed by atoms with E-state index in [-0.39, 0.29) is 13.2 Å². The molecule has 0 spiro atoms. The number of carboxylic acid groups (broad SMARTS) is 1. The Bertz CT molecular complexity index is 506. The van der Waals surface area contributed by atoms with Gasteiger partial charge in [-0.1, -0.05) is 30.3 Å². The van der Waals surface area contributed by atoms with Crippen molar-refractivity contribution in [1.82, 2.24) is 10.2 Å². The molecule has 0 saturated carbocycles. The lowest BCUT2D eigenvalue weighted by Crippen LogP contribution is -2.57. The summed E-state index contributed by atoms with van der Waals surface area (Å²) in [5.74, 6) is 0. The number of hydrogen-bond donors (Lipinski definition) is 2. The Balaban J connectivity index is 1.85. The average molecular weight is 292 g/mol. The average Bonchev–Trinajstić information content (AvgIpc) is 2.46. The number of carbonyl (C=O) groups excluding carboxylic acids is 1. The number of ether oxygens (including phenoxy) is 1. The molecule has 1 heterocycles. The summed E-state index contributed by atoms with van der Waals surface area (Å²) in [6.45, 7) is 2.83. The number of piperidine rings is 1. The predicted octanol–water partition coefficient (Wildman–Crippen LogP) is 2.45. The maximum Gasteiger partial charge on any atom is 0.407 e. The monoisotopic (exact) mass is 292 g/mol. The zero-order valence-corrected chi connectivity index (χ0v) is 12.0. The molecule has 0 radical (unpaired) electrons. The first-order valence-electron chi connectivity index (χ1n) is 6.95. The molecule has 0 aliphatic carbocycles. The highest BCUT2D eigenvalue weighted by atomic mass is 16.5. The van der Waals surface area contributed by atoms with Crippen molar-refractivity contribution in [3.8, 4) is 0 Å². The van der Waals surface area contributed by atoms with Gasteiger partial charge in [-0.15, -0.1) is 0 Å². The van der Waals surface area contributed by atoms with Crippen molar-refractivity contribution < 1.29 is 19.4 Å². The van der Waals surface area contributed by atoms with Gasteiger partial charge in [0.15, 0.2) is 0 Å². The Morgan fingerprint density at radius 1 is 1.38 bits per heavy atom. The summed E-state index contributed by atoms with van der Waals surface area (Å²) < 4.78 is 5.18. The normalized spacial score (nSPS) is 21.7. The Kier molecular flexibility index (Phi) is 4.67. The fraction of sp³-hybridized carbons (Fsp3) is 0.467. The maximum absolute atomic E-state index is 11.9. The van der Waals surface area contributed by atoms with Crippen LogP contribution in [0.25, 0.3) is 0 Å². The third kappa shape index (κ3) is 4.37. The SMILES string of the molecule is CC1(NC(=O)OCc2ccccc2)CCCN(C(=O)O)C1. The van der Waals surface area contributed by atoms with Crippen molar-refractivity contribution in [3.63, 3.8) is 0 Å². The standard InChI is InChI=1S/C15H20N2O4/c1-15(8-5-9-17(11-15)14(19)20)16-13(18)21-10-12-6-3-2-4-7-12/h2-4,6-7H,5,8-11H2,1H3,(H,16,18)(H,19,20). The Morgan fingerprint density at radius 3 is 2.76 bits per heavy atom. The van der Waals surface area contributed by atoms with Crippen molar-refractivity contribution >= 4 is 12.2 Å². The number of likely N-dealkylation sites (tertiary alicyclic amines) is 1. The lowest BCUT2D eigenvalue weighted by molar-refractivity contribution is 0.0890. The van der Waals surface area contributed by atoms with Crippen LogP contribution in [0.4, 0.5) is 9.59 Å². The van der Waals surface area contributed by atoms with E-state index >= 15 is 0 Å². The highest BCUT2D eigenvalue weighted by Gasteiger charge is 2.34. The molecule has 6 nitrogen and oxygen atoms in total. The van der Waals surface area contributed by atoms with Crippen LogP contribution < -0.4 is 5.32 Å². The lowest BCUT2D eigenvalue weighted by atomic mass is 9.91. The largest absolute Gasteiger partial charge is 0.465 e. The van der Waals surface area contributed by atoms with E-state index in [4.69, 9.17) is 9.84 Å². The molecule has 21 heavy (non-hydrogen) atoms.